The van der Waals surface area contributed by atoms with E-state index in [9.17, 15) is 0 Å². The molecule has 5 rings (SSSR count). The predicted octanol–water partition coefficient (Wildman–Crippen LogP) is 5.06. The van der Waals surface area contributed by atoms with Crippen LogP contribution in [-0.2, 0) is 13.0 Å². The van der Waals surface area contributed by atoms with Crippen LogP contribution >= 0.6 is 11.3 Å². The fraction of sp³-hybridized carbons (Fsp3) is 0.130. The van der Waals surface area contributed by atoms with Gasteiger partial charge in [-0.3, -0.25) is 0 Å². The van der Waals surface area contributed by atoms with E-state index >= 15 is 0 Å². The van der Waals surface area contributed by atoms with E-state index in [1.807, 2.05) is 72.9 Å². The summed E-state index contributed by atoms with van der Waals surface area (Å²) in [5, 5.41) is 14.4. The third-order valence-corrected chi connectivity index (χ3v) is 5.87. The monoisotopic (exact) mass is 413 g/mol. The van der Waals surface area contributed by atoms with Gasteiger partial charge in [-0.25, -0.2) is 4.98 Å². The molecule has 0 saturated heterocycles. The lowest BCUT2D eigenvalue weighted by atomic mass is 10.1. The number of hydrogen-bond acceptors (Lipinski definition) is 6. The van der Waals surface area contributed by atoms with E-state index in [4.69, 9.17) is 9.84 Å². The maximum atomic E-state index is 6.16. The fourth-order valence-corrected chi connectivity index (χ4v) is 4.00. The van der Waals surface area contributed by atoms with Crippen molar-refractivity contribution in [2.75, 3.05) is 0 Å². The molecule has 0 bridgehead atoms. The van der Waals surface area contributed by atoms with E-state index in [0.29, 0.717) is 24.0 Å². The van der Waals surface area contributed by atoms with Gasteiger partial charge in [-0.1, -0.05) is 67.6 Å². The average Bonchev–Trinajstić information content (AvgIpc) is 3.44. The number of benzene rings is 2. The Bertz CT molecular complexity index is 1280. The molecular weight excluding hydrogens is 394 g/mol. The number of rotatable bonds is 6. The molecule has 0 aliphatic carbocycles. The molecule has 0 aliphatic rings. The Morgan fingerprint density at radius 2 is 1.67 bits per heavy atom. The molecule has 0 radical (unpaired) electrons. The summed E-state index contributed by atoms with van der Waals surface area (Å²) >= 11 is 1.66. The minimum Gasteiger partial charge on any atom is -0.469 e. The normalized spacial score (nSPS) is 11.1. The Hall–Kier alpha value is -3.58. The van der Waals surface area contributed by atoms with Crippen LogP contribution in [0.3, 0.4) is 0 Å². The molecule has 3 aromatic heterocycles. The Morgan fingerprint density at radius 3 is 2.37 bits per heavy atom. The minimum atomic E-state index is 0.367. The fourth-order valence-electron chi connectivity index (χ4n) is 3.22. The van der Waals surface area contributed by atoms with Crippen molar-refractivity contribution in [3.63, 3.8) is 0 Å². The maximum Gasteiger partial charge on any atom is 0.240 e. The largest absolute Gasteiger partial charge is 0.469 e. The van der Waals surface area contributed by atoms with E-state index in [1.165, 1.54) is 4.88 Å². The molecule has 2 aromatic carbocycles. The second kappa shape index (κ2) is 8.04. The first-order valence-electron chi connectivity index (χ1n) is 9.75. The standard InChI is InChI=1S/C23H19N5OS/c1-2-18-14-24-21(30-18)15-29-23-19(16-9-5-3-6-10-16)13-20-25-26-22(28(20)27-23)17-11-7-4-8-12-17/h3-14H,2,15H2,1H3. The Labute approximate surface area is 177 Å². The van der Waals surface area contributed by atoms with Crippen LogP contribution < -0.4 is 4.74 Å². The van der Waals surface area contributed by atoms with E-state index in [-0.39, 0.29) is 0 Å². The third-order valence-electron chi connectivity index (χ3n) is 4.76. The van der Waals surface area contributed by atoms with E-state index in [0.717, 1.165) is 28.1 Å². The van der Waals surface area contributed by atoms with E-state index in [1.54, 1.807) is 15.9 Å². The number of fused-ring (bicyclic) bond motifs is 1. The molecule has 148 valence electrons. The van der Waals surface area contributed by atoms with Gasteiger partial charge in [0, 0.05) is 22.2 Å². The SMILES string of the molecule is CCc1cnc(COc2nn3c(-c4ccccc4)nnc3cc2-c2ccccc2)s1. The summed E-state index contributed by atoms with van der Waals surface area (Å²) in [5.41, 5.74) is 3.51. The molecule has 0 spiro atoms. The van der Waals surface area contributed by atoms with Crippen LogP contribution in [0.2, 0.25) is 0 Å². The van der Waals surface area contributed by atoms with Crippen molar-refractivity contribution in [3.8, 4) is 28.4 Å². The number of ether oxygens (including phenoxy) is 1. The lowest BCUT2D eigenvalue weighted by Gasteiger charge is -2.11. The van der Waals surface area contributed by atoms with Crippen LogP contribution in [0.1, 0.15) is 16.8 Å². The zero-order valence-electron chi connectivity index (χ0n) is 16.4. The van der Waals surface area contributed by atoms with E-state index in [2.05, 4.69) is 22.1 Å². The first kappa shape index (κ1) is 18.4. The van der Waals surface area contributed by atoms with E-state index < -0.39 is 0 Å². The van der Waals surface area contributed by atoms with Crippen LogP contribution in [0, 0.1) is 0 Å². The van der Waals surface area contributed by atoms with Gasteiger partial charge in [0.05, 0.1) is 0 Å². The predicted molar refractivity (Wildman–Crippen MR) is 117 cm³/mol. The van der Waals surface area contributed by atoms with Crippen molar-refractivity contribution in [1.29, 1.82) is 0 Å². The second-order valence-corrected chi connectivity index (χ2v) is 7.95. The molecule has 0 N–H and O–H groups in total. The number of nitrogens with zero attached hydrogens (tertiary/aromatic N) is 5. The zero-order chi connectivity index (χ0) is 20.3. The smallest absolute Gasteiger partial charge is 0.240 e. The van der Waals surface area contributed by atoms with Crippen molar-refractivity contribution in [2.24, 2.45) is 0 Å². The molecule has 0 saturated carbocycles. The topological polar surface area (TPSA) is 65.2 Å². The van der Waals surface area contributed by atoms with Crippen LogP contribution in [0.15, 0.2) is 72.9 Å². The molecule has 7 heteroatoms. The van der Waals surface area contributed by atoms with Crippen LogP contribution in [0.5, 0.6) is 5.88 Å². The molecular formula is C23H19N5OS. The Morgan fingerprint density at radius 1 is 0.933 bits per heavy atom. The summed E-state index contributed by atoms with van der Waals surface area (Å²) in [7, 11) is 0. The zero-order valence-corrected chi connectivity index (χ0v) is 17.2. The molecule has 5 aromatic rings. The second-order valence-electron chi connectivity index (χ2n) is 6.75. The number of thiazole rings is 1. The summed E-state index contributed by atoms with van der Waals surface area (Å²) in [5.74, 6) is 1.21. The van der Waals surface area contributed by atoms with Gasteiger partial charge in [0.15, 0.2) is 11.5 Å². The van der Waals surface area contributed by atoms with Crippen molar-refractivity contribution in [3.05, 3.63) is 82.8 Å². The van der Waals surface area contributed by atoms with Gasteiger partial charge in [-0.2, -0.15) is 4.52 Å². The van der Waals surface area contributed by atoms with Gasteiger partial charge >= 0.3 is 0 Å². The number of aromatic nitrogens is 5. The minimum absolute atomic E-state index is 0.367. The highest BCUT2D eigenvalue weighted by molar-refractivity contribution is 7.11. The molecule has 30 heavy (non-hydrogen) atoms. The summed E-state index contributed by atoms with van der Waals surface area (Å²) in [4.78, 5) is 5.70. The van der Waals surface area contributed by atoms with Gasteiger partial charge in [-0.15, -0.1) is 26.6 Å². The van der Waals surface area contributed by atoms with Crippen LogP contribution in [0.4, 0.5) is 0 Å². The number of aryl methyl sites for hydroxylation is 1. The number of hydrogen-bond donors (Lipinski definition) is 0. The summed E-state index contributed by atoms with van der Waals surface area (Å²) in [6, 6.07) is 21.9. The van der Waals surface area contributed by atoms with Gasteiger partial charge < -0.3 is 4.74 Å². The molecule has 3 heterocycles. The molecule has 0 aliphatic heterocycles. The van der Waals surface area contributed by atoms with Crippen LogP contribution in [0.25, 0.3) is 28.2 Å². The molecule has 0 amide bonds. The highest BCUT2D eigenvalue weighted by atomic mass is 32.1. The highest BCUT2D eigenvalue weighted by Crippen LogP contribution is 2.31. The maximum absolute atomic E-state index is 6.16. The average molecular weight is 414 g/mol. The molecule has 0 atom stereocenters. The van der Waals surface area contributed by atoms with Gasteiger partial charge in [-0.05, 0) is 18.1 Å². The summed E-state index contributed by atoms with van der Waals surface area (Å²) < 4.78 is 7.90. The van der Waals surface area contributed by atoms with Crippen molar-refractivity contribution < 1.29 is 4.74 Å². The lowest BCUT2D eigenvalue weighted by Crippen LogP contribution is -2.04. The van der Waals surface area contributed by atoms with Gasteiger partial charge in [0.25, 0.3) is 0 Å². The molecule has 6 nitrogen and oxygen atoms in total. The highest BCUT2D eigenvalue weighted by Gasteiger charge is 2.16. The quantitative estimate of drug-likeness (QED) is 0.389. The van der Waals surface area contributed by atoms with Crippen LogP contribution in [-0.4, -0.2) is 24.8 Å². The first-order chi connectivity index (χ1) is 14.8. The first-order valence-corrected chi connectivity index (χ1v) is 10.6. The van der Waals surface area contributed by atoms with Crippen molar-refractivity contribution in [1.82, 2.24) is 24.8 Å². The summed E-state index contributed by atoms with van der Waals surface area (Å²) in [6.45, 7) is 2.49. The van der Waals surface area contributed by atoms with Crippen molar-refractivity contribution >= 4 is 17.0 Å². The lowest BCUT2D eigenvalue weighted by molar-refractivity contribution is 0.290. The molecule has 0 unspecified atom stereocenters. The van der Waals surface area contributed by atoms with Gasteiger partial charge in [0.2, 0.25) is 5.88 Å². The van der Waals surface area contributed by atoms with Gasteiger partial charge in [0.1, 0.15) is 11.6 Å². The van der Waals surface area contributed by atoms with Crippen molar-refractivity contribution in [2.45, 2.75) is 20.0 Å². The summed E-state index contributed by atoms with van der Waals surface area (Å²) in [6.07, 6.45) is 2.88. The Balaban J connectivity index is 1.59. The Kier molecular flexibility index (Phi) is 4.94. The molecule has 0 fully saturated rings. The third kappa shape index (κ3) is 3.55.